The van der Waals surface area contributed by atoms with Crippen LogP contribution in [-0.2, 0) is 21.4 Å². The Balaban J connectivity index is 2.10. The highest BCUT2D eigenvalue weighted by Gasteiger charge is 2.30. The number of rotatable bonds is 5. The maximum atomic E-state index is 15.4. The quantitative estimate of drug-likeness (QED) is 0.511. The number of hydrogen-bond acceptors (Lipinski definition) is 6. The maximum Gasteiger partial charge on any atom is 0.410 e. The summed E-state index contributed by atoms with van der Waals surface area (Å²) >= 11 is 0. The highest BCUT2D eigenvalue weighted by molar-refractivity contribution is 7.90. The first kappa shape index (κ1) is 24.2. The van der Waals surface area contributed by atoms with Crippen molar-refractivity contribution in [3.05, 3.63) is 66.0 Å². The van der Waals surface area contributed by atoms with Crippen molar-refractivity contribution in [1.29, 1.82) is 0 Å². The van der Waals surface area contributed by atoms with Crippen LogP contribution in [0.4, 0.5) is 18.0 Å². The predicted molar refractivity (Wildman–Crippen MR) is 112 cm³/mol. The van der Waals surface area contributed by atoms with E-state index in [0.29, 0.717) is 10.2 Å². The Morgan fingerprint density at radius 3 is 2.42 bits per heavy atom. The van der Waals surface area contributed by atoms with Crippen molar-refractivity contribution in [3.8, 4) is 11.3 Å². The van der Waals surface area contributed by atoms with E-state index in [1.54, 1.807) is 20.8 Å². The van der Waals surface area contributed by atoms with E-state index in [-0.39, 0.29) is 5.56 Å². The normalized spacial score (nSPS) is 12.0. The van der Waals surface area contributed by atoms with Crippen molar-refractivity contribution in [2.75, 3.05) is 7.05 Å². The first-order chi connectivity index (χ1) is 15.3. The Morgan fingerprint density at radius 1 is 1.15 bits per heavy atom. The zero-order valence-corrected chi connectivity index (χ0v) is 19.0. The molecule has 0 bridgehead atoms. The molecule has 3 heterocycles. The van der Waals surface area contributed by atoms with Crippen LogP contribution in [-0.4, -0.2) is 45.9 Å². The summed E-state index contributed by atoms with van der Waals surface area (Å²) in [5.41, 5.74) is -2.01. The van der Waals surface area contributed by atoms with Crippen LogP contribution in [0.3, 0.4) is 0 Å². The molecule has 176 valence electrons. The van der Waals surface area contributed by atoms with Crippen molar-refractivity contribution < 1.29 is 31.1 Å². The van der Waals surface area contributed by atoms with E-state index in [0.717, 1.165) is 30.6 Å². The molecule has 1 amide bonds. The lowest BCUT2D eigenvalue weighted by molar-refractivity contribution is 0.0753. The van der Waals surface area contributed by atoms with E-state index >= 15 is 4.39 Å². The fourth-order valence-electron chi connectivity index (χ4n) is 2.73. The van der Waals surface area contributed by atoms with Crippen molar-refractivity contribution in [3.63, 3.8) is 0 Å². The molecule has 0 radical (unpaired) electrons. The van der Waals surface area contributed by atoms with Gasteiger partial charge in [-0.15, -0.1) is 0 Å². The molecule has 0 spiro atoms. The minimum Gasteiger partial charge on any atom is -0.444 e. The molecule has 8 nitrogen and oxygen atoms in total. The highest BCUT2D eigenvalue weighted by Crippen LogP contribution is 2.32. The average Bonchev–Trinajstić information content (AvgIpc) is 3.08. The van der Waals surface area contributed by atoms with Crippen LogP contribution in [0.5, 0.6) is 0 Å². The number of halogens is 3. The molecular formula is C21H21F3N4O4S. The van der Waals surface area contributed by atoms with E-state index in [9.17, 15) is 22.0 Å². The third-order valence-electron chi connectivity index (χ3n) is 4.85. The SMILES string of the molecule is CN(C(=O)OCc1cn(S(=O)(=O)c2ccc(F)cn2)c(-c2cccnc2F)c1F)C(C)(C)C. The molecule has 0 saturated carbocycles. The second kappa shape index (κ2) is 8.85. The van der Waals surface area contributed by atoms with Gasteiger partial charge in [0.05, 0.1) is 11.8 Å². The van der Waals surface area contributed by atoms with Crippen molar-refractivity contribution >= 4 is 16.1 Å². The van der Waals surface area contributed by atoms with Crippen LogP contribution in [0.25, 0.3) is 11.3 Å². The van der Waals surface area contributed by atoms with Gasteiger partial charge in [-0.1, -0.05) is 0 Å². The standard InChI is InChI=1S/C21H21F3N4O4S/c1-21(2,3)27(4)20(29)32-12-13-11-28(33(30,31)16-8-7-14(22)10-26-16)18(17(13)23)15-6-5-9-25-19(15)24/h5-11H,12H2,1-4H3. The van der Waals surface area contributed by atoms with E-state index in [1.165, 1.54) is 18.0 Å². The van der Waals surface area contributed by atoms with E-state index in [4.69, 9.17) is 4.74 Å². The smallest absolute Gasteiger partial charge is 0.410 e. The molecule has 33 heavy (non-hydrogen) atoms. The number of carbonyl (C=O) groups excluding carboxylic acids is 1. The molecule has 0 atom stereocenters. The molecule has 3 aromatic rings. The Bertz CT molecular complexity index is 1290. The van der Waals surface area contributed by atoms with E-state index < -0.39 is 62.1 Å². The summed E-state index contributed by atoms with van der Waals surface area (Å²) in [6, 6.07) is 4.21. The zero-order valence-electron chi connectivity index (χ0n) is 18.2. The number of ether oxygens (including phenoxy) is 1. The maximum absolute atomic E-state index is 15.4. The first-order valence-corrected chi connectivity index (χ1v) is 11.1. The fourth-order valence-corrected chi connectivity index (χ4v) is 4.04. The second-order valence-corrected chi connectivity index (χ2v) is 9.82. The summed E-state index contributed by atoms with van der Waals surface area (Å²) in [6.07, 6.45) is 1.89. The lowest BCUT2D eigenvalue weighted by Gasteiger charge is -2.30. The van der Waals surface area contributed by atoms with Crippen LogP contribution < -0.4 is 0 Å². The molecule has 0 unspecified atom stereocenters. The van der Waals surface area contributed by atoms with Gasteiger partial charge in [0.25, 0.3) is 10.0 Å². The molecule has 3 aromatic heterocycles. The van der Waals surface area contributed by atoms with Crippen molar-refractivity contribution in [2.45, 2.75) is 37.9 Å². The number of pyridine rings is 2. The van der Waals surface area contributed by atoms with Gasteiger partial charge in [-0.25, -0.2) is 27.5 Å². The number of carbonyl (C=O) groups is 1. The molecule has 12 heteroatoms. The summed E-state index contributed by atoms with van der Waals surface area (Å²) in [5.74, 6) is -3.02. The van der Waals surface area contributed by atoms with Crippen LogP contribution in [0, 0.1) is 17.6 Å². The van der Waals surface area contributed by atoms with Gasteiger partial charge in [-0.05, 0) is 45.0 Å². The number of amides is 1. The van der Waals surface area contributed by atoms with Gasteiger partial charge in [0.15, 0.2) is 10.8 Å². The summed E-state index contributed by atoms with van der Waals surface area (Å²) < 4.78 is 74.9. The molecule has 3 rings (SSSR count). The van der Waals surface area contributed by atoms with Gasteiger partial charge in [0.2, 0.25) is 5.95 Å². The summed E-state index contributed by atoms with van der Waals surface area (Å²) in [6.45, 7) is 4.66. The van der Waals surface area contributed by atoms with Gasteiger partial charge < -0.3 is 9.64 Å². The summed E-state index contributed by atoms with van der Waals surface area (Å²) in [4.78, 5) is 20.5. The van der Waals surface area contributed by atoms with Gasteiger partial charge in [-0.2, -0.15) is 12.8 Å². The lowest BCUT2D eigenvalue weighted by Crippen LogP contribution is -2.42. The van der Waals surface area contributed by atoms with Crippen LogP contribution in [0.2, 0.25) is 0 Å². The van der Waals surface area contributed by atoms with Gasteiger partial charge in [-0.3, -0.25) is 0 Å². The third kappa shape index (κ3) is 4.85. The molecule has 0 N–H and O–H groups in total. The van der Waals surface area contributed by atoms with Crippen molar-refractivity contribution in [2.24, 2.45) is 0 Å². The van der Waals surface area contributed by atoms with Crippen LogP contribution >= 0.6 is 0 Å². The van der Waals surface area contributed by atoms with Gasteiger partial charge in [0, 0.05) is 30.5 Å². The van der Waals surface area contributed by atoms with E-state index in [2.05, 4.69) is 9.97 Å². The lowest BCUT2D eigenvalue weighted by atomic mass is 10.1. The number of hydrogen-bond donors (Lipinski definition) is 0. The minimum absolute atomic E-state index is 0.324. The topological polar surface area (TPSA) is 94.4 Å². The molecule has 0 aliphatic heterocycles. The Kier molecular flexibility index (Phi) is 6.50. The third-order valence-corrected chi connectivity index (χ3v) is 6.43. The monoisotopic (exact) mass is 482 g/mol. The minimum atomic E-state index is -4.58. The second-order valence-electron chi connectivity index (χ2n) is 8.06. The molecule has 0 aromatic carbocycles. The predicted octanol–water partition coefficient (Wildman–Crippen LogP) is 3.97. The molecule has 0 aliphatic rings. The Hall–Kier alpha value is -3.41. The fraction of sp³-hybridized carbons (Fsp3) is 0.286. The van der Waals surface area contributed by atoms with Gasteiger partial charge in [0.1, 0.15) is 18.1 Å². The Labute approximate surface area is 188 Å². The molecule has 0 fully saturated rings. The largest absolute Gasteiger partial charge is 0.444 e. The summed E-state index contributed by atoms with van der Waals surface area (Å²) in [7, 11) is -3.09. The van der Waals surface area contributed by atoms with Crippen molar-refractivity contribution in [1.82, 2.24) is 18.8 Å². The van der Waals surface area contributed by atoms with E-state index in [1.807, 2.05) is 0 Å². The highest BCUT2D eigenvalue weighted by atomic mass is 32.2. The van der Waals surface area contributed by atoms with Crippen LogP contribution in [0.1, 0.15) is 26.3 Å². The number of nitrogens with zero attached hydrogens (tertiary/aromatic N) is 4. The zero-order chi connectivity index (χ0) is 24.6. The van der Waals surface area contributed by atoms with Gasteiger partial charge >= 0.3 is 6.09 Å². The Morgan fingerprint density at radius 2 is 1.85 bits per heavy atom. The first-order valence-electron chi connectivity index (χ1n) is 9.62. The van der Waals surface area contributed by atoms with Crippen LogP contribution in [0.15, 0.2) is 47.9 Å². The number of aromatic nitrogens is 3. The molecule has 0 saturated heterocycles. The average molecular weight is 482 g/mol. The molecule has 0 aliphatic carbocycles. The molecular weight excluding hydrogens is 461 g/mol. The summed E-state index contributed by atoms with van der Waals surface area (Å²) in [5, 5.41) is -0.597.